The molecule has 1 aliphatic rings. The fourth-order valence-electron chi connectivity index (χ4n) is 2.87. The number of benzene rings is 1. The van der Waals surface area contributed by atoms with Gasteiger partial charge in [0.1, 0.15) is 0 Å². The first-order valence-corrected chi connectivity index (χ1v) is 9.30. The van der Waals surface area contributed by atoms with Gasteiger partial charge in [-0.25, -0.2) is 0 Å². The van der Waals surface area contributed by atoms with E-state index in [4.69, 9.17) is 11.6 Å². The second kappa shape index (κ2) is 8.20. The number of aryl methyl sites for hydroxylation is 1. The Kier molecular flexibility index (Phi) is 5.95. The van der Waals surface area contributed by atoms with E-state index in [0.717, 1.165) is 25.1 Å². The van der Waals surface area contributed by atoms with E-state index in [1.54, 1.807) is 28.9 Å². The maximum absolute atomic E-state index is 12.6. The molecule has 1 aromatic heterocycles. The Balaban J connectivity index is 1.76. The van der Waals surface area contributed by atoms with Gasteiger partial charge in [0.25, 0.3) is 5.91 Å². The molecule has 26 heavy (non-hydrogen) atoms. The zero-order chi connectivity index (χ0) is 18.7. The number of rotatable bonds is 5. The minimum Gasteiger partial charge on any atom is -0.468 e. The second-order valence-corrected chi connectivity index (χ2v) is 7.12. The summed E-state index contributed by atoms with van der Waals surface area (Å²) in [5.74, 6) is -0.664. The van der Waals surface area contributed by atoms with Gasteiger partial charge in [-0.15, -0.1) is 0 Å². The number of carbonyl (C=O) groups excluding carboxylic acids is 2. The van der Waals surface area contributed by atoms with Crippen LogP contribution in [0.1, 0.15) is 35.1 Å². The fraction of sp³-hybridized carbons (Fsp3) is 0.353. The maximum Gasteiger partial charge on any atom is 0.319 e. The zero-order valence-corrected chi connectivity index (χ0v) is 16.4. The summed E-state index contributed by atoms with van der Waals surface area (Å²) < 4.78 is 7.16. The fourth-order valence-corrected chi connectivity index (χ4v) is 3.41. The Morgan fingerprint density at radius 2 is 2.27 bits per heavy atom. The lowest BCUT2D eigenvalue weighted by Crippen LogP contribution is -2.32. The number of hydrogen-bond acceptors (Lipinski definition) is 5. The van der Waals surface area contributed by atoms with Crippen LogP contribution in [-0.2, 0) is 16.1 Å². The molecule has 9 heteroatoms. The first-order valence-electron chi connectivity index (χ1n) is 8.13. The number of aromatic nitrogens is 2. The largest absolute Gasteiger partial charge is 0.468 e. The number of fused-ring (bicyclic) bond motifs is 1. The molecule has 2 N–H and O–H groups in total. The van der Waals surface area contributed by atoms with Crippen LogP contribution < -0.4 is 10.6 Å². The van der Waals surface area contributed by atoms with E-state index in [9.17, 15) is 9.59 Å². The highest BCUT2D eigenvalue weighted by molar-refractivity contribution is 9.10. The summed E-state index contributed by atoms with van der Waals surface area (Å²) in [5.41, 5.74) is 1.70. The topological polar surface area (TPSA) is 85.2 Å². The van der Waals surface area contributed by atoms with Crippen molar-refractivity contribution in [1.82, 2.24) is 15.1 Å². The number of esters is 1. The van der Waals surface area contributed by atoms with E-state index < -0.39 is 0 Å². The van der Waals surface area contributed by atoms with E-state index in [0.29, 0.717) is 20.9 Å². The number of nitrogens with one attached hydrogen (secondary N) is 2. The summed E-state index contributed by atoms with van der Waals surface area (Å²) in [6, 6.07) is 7.00. The second-order valence-electron chi connectivity index (χ2n) is 5.88. The van der Waals surface area contributed by atoms with Crippen molar-refractivity contribution in [2.75, 3.05) is 19.0 Å². The number of nitrogens with zero attached hydrogens (tertiary/aromatic N) is 2. The molecule has 1 unspecified atom stereocenters. The minimum atomic E-state index is -0.335. The molecule has 2 aromatic rings. The van der Waals surface area contributed by atoms with Crippen LogP contribution in [0.4, 0.5) is 5.69 Å². The van der Waals surface area contributed by atoms with Crippen LogP contribution in [0, 0.1) is 0 Å². The molecule has 3 rings (SSSR count). The Labute approximate surface area is 164 Å². The van der Waals surface area contributed by atoms with Crippen molar-refractivity contribution in [3.8, 4) is 0 Å². The predicted molar refractivity (Wildman–Crippen MR) is 101 cm³/mol. The Morgan fingerprint density at radius 1 is 1.46 bits per heavy atom. The lowest BCUT2D eigenvalue weighted by Gasteiger charge is -2.24. The van der Waals surface area contributed by atoms with Crippen molar-refractivity contribution in [1.29, 1.82) is 0 Å². The van der Waals surface area contributed by atoms with Crippen LogP contribution >= 0.6 is 27.5 Å². The van der Waals surface area contributed by atoms with E-state index in [1.165, 1.54) is 7.11 Å². The third kappa shape index (κ3) is 4.08. The van der Waals surface area contributed by atoms with E-state index in [-0.39, 0.29) is 24.5 Å². The molecule has 7 nitrogen and oxygen atoms in total. The van der Waals surface area contributed by atoms with Gasteiger partial charge in [0.05, 0.1) is 30.1 Å². The smallest absolute Gasteiger partial charge is 0.319 e. The van der Waals surface area contributed by atoms with Crippen LogP contribution in [0.5, 0.6) is 0 Å². The van der Waals surface area contributed by atoms with Crippen molar-refractivity contribution >= 4 is 45.1 Å². The predicted octanol–water partition coefficient (Wildman–Crippen LogP) is 3.15. The van der Waals surface area contributed by atoms with Crippen LogP contribution in [0.25, 0.3) is 0 Å². The van der Waals surface area contributed by atoms with Gasteiger partial charge < -0.3 is 10.1 Å². The van der Waals surface area contributed by atoms with Gasteiger partial charge in [0, 0.05) is 17.1 Å². The summed E-state index contributed by atoms with van der Waals surface area (Å²) in [7, 11) is 1.35. The highest BCUT2D eigenvalue weighted by Gasteiger charge is 2.25. The highest BCUT2D eigenvalue weighted by atomic mass is 79.9. The van der Waals surface area contributed by atoms with Crippen molar-refractivity contribution < 1.29 is 14.3 Å². The molecule has 0 radical (unpaired) electrons. The molecule has 0 bridgehead atoms. The van der Waals surface area contributed by atoms with Crippen LogP contribution in [0.15, 0.2) is 28.7 Å². The highest BCUT2D eigenvalue weighted by Crippen LogP contribution is 2.30. The average molecular weight is 442 g/mol. The number of amides is 1. The molecule has 0 spiro atoms. The van der Waals surface area contributed by atoms with E-state index >= 15 is 0 Å². The monoisotopic (exact) mass is 440 g/mol. The molecule has 1 atom stereocenters. The number of anilines is 1. The quantitative estimate of drug-likeness (QED) is 0.696. The number of carbonyl (C=O) groups is 2. The maximum atomic E-state index is 12.6. The number of hydrogen-bond donors (Lipinski definition) is 2. The average Bonchev–Trinajstić information content (AvgIpc) is 3.08. The first kappa shape index (κ1) is 18.9. The molecular weight excluding hydrogens is 424 g/mol. The van der Waals surface area contributed by atoms with Gasteiger partial charge in [0.15, 0.2) is 5.69 Å². The molecule has 1 aliphatic heterocycles. The van der Waals surface area contributed by atoms with Crippen molar-refractivity contribution in [2.24, 2.45) is 0 Å². The standard InChI is InChI=1S/C17H18BrClN4O3/c1-26-15(24)9-20-11-6-3-7-23-14(11)8-13(22-23)17(25)21-12-5-2-4-10(18)16(12)19/h2,4-5,8,11,20H,3,6-7,9H2,1H3,(H,21,25). The molecule has 0 aliphatic carbocycles. The number of ether oxygens (including phenoxy) is 1. The summed E-state index contributed by atoms with van der Waals surface area (Å²) >= 11 is 9.52. The van der Waals surface area contributed by atoms with Gasteiger partial charge in [0.2, 0.25) is 0 Å². The Hall–Kier alpha value is -1.90. The van der Waals surface area contributed by atoms with Crippen LogP contribution in [-0.4, -0.2) is 35.3 Å². The molecule has 1 amide bonds. The van der Waals surface area contributed by atoms with Gasteiger partial charge >= 0.3 is 5.97 Å². The van der Waals surface area contributed by atoms with E-state index in [1.807, 2.05) is 0 Å². The number of methoxy groups -OCH3 is 1. The SMILES string of the molecule is COC(=O)CNC1CCCn2nc(C(=O)Nc3cccc(Br)c3Cl)cc21. The van der Waals surface area contributed by atoms with Crippen molar-refractivity contribution in [3.05, 3.63) is 45.1 Å². The van der Waals surface area contributed by atoms with Crippen molar-refractivity contribution in [3.63, 3.8) is 0 Å². The lowest BCUT2D eigenvalue weighted by molar-refractivity contribution is -0.139. The number of halogens is 2. The molecular formula is C17H18BrClN4O3. The van der Waals surface area contributed by atoms with Crippen molar-refractivity contribution in [2.45, 2.75) is 25.4 Å². The van der Waals surface area contributed by atoms with Gasteiger partial charge in [-0.05, 0) is 47.0 Å². The lowest BCUT2D eigenvalue weighted by atomic mass is 10.0. The summed E-state index contributed by atoms with van der Waals surface area (Å²) in [5, 5.41) is 10.8. The van der Waals surface area contributed by atoms with E-state index in [2.05, 4.69) is 36.4 Å². The molecule has 138 valence electrons. The normalized spacial score (nSPS) is 16.0. The summed E-state index contributed by atoms with van der Waals surface area (Å²) in [6.45, 7) is 0.845. The third-order valence-electron chi connectivity index (χ3n) is 4.18. The molecule has 2 heterocycles. The first-order chi connectivity index (χ1) is 12.5. The molecule has 0 saturated carbocycles. The van der Waals surface area contributed by atoms with Gasteiger partial charge in [-0.3, -0.25) is 19.6 Å². The Morgan fingerprint density at radius 3 is 3.04 bits per heavy atom. The van der Waals surface area contributed by atoms with Gasteiger partial charge in [-0.1, -0.05) is 17.7 Å². The van der Waals surface area contributed by atoms with Crippen LogP contribution in [0.2, 0.25) is 5.02 Å². The molecule has 0 fully saturated rings. The zero-order valence-electron chi connectivity index (χ0n) is 14.1. The van der Waals surface area contributed by atoms with Gasteiger partial charge in [-0.2, -0.15) is 5.10 Å². The molecule has 0 saturated heterocycles. The Bertz CT molecular complexity index is 839. The summed E-state index contributed by atoms with van der Waals surface area (Å²) in [6.07, 6.45) is 1.77. The molecule has 1 aromatic carbocycles. The third-order valence-corrected chi connectivity index (χ3v) is 5.48. The summed E-state index contributed by atoms with van der Waals surface area (Å²) in [4.78, 5) is 23.9. The van der Waals surface area contributed by atoms with Crippen LogP contribution in [0.3, 0.4) is 0 Å². The minimum absolute atomic E-state index is 0.0497.